The van der Waals surface area contributed by atoms with Crippen molar-refractivity contribution in [2.75, 3.05) is 7.11 Å². The van der Waals surface area contributed by atoms with Gasteiger partial charge < -0.3 is 9.84 Å². The summed E-state index contributed by atoms with van der Waals surface area (Å²) in [5, 5.41) is 22.0. The van der Waals surface area contributed by atoms with Crippen molar-refractivity contribution in [3.63, 3.8) is 0 Å². The van der Waals surface area contributed by atoms with Gasteiger partial charge in [0.05, 0.1) is 19.4 Å². The van der Waals surface area contributed by atoms with E-state index in [-0.39, 0.29) is 18.3 Å². The molecule has 1 aromatic carbocycles. The Hall–Kier alpha value is -2.21. The van der Waals surface area contributed by atoms with Gasteiger partial charge >= 0.3 is 5.96 Å². The normalized spacial score (nSPS) is 13.9. The molecule has 5 nitrogen and oxygen atoms in total. The Kier molecular flexibility index (Phi) is 2.79. The zero-order chi connectivity index (χ0) is 13.4. The maximum absolute atomic E-state index is 11.3. The molecule has 2 aromatic rings. The van der Waals surface area contributed by atoms with Crippen molar-refractivity contribution >= 4 is 23.2 Å². The highest BCUT2D eigenvalue weighted by Crippen LogP contribution is 2.24. The monoisotopic (exact) mass is 273 g/mol. The van der Waals surface area contributed by atoms with E-state index in [1.807, 2.05) is 29.6 Å². The first-order valence-corrected chi connectivity index (χ1v) is 6.57. The first-order chi connectivity index (χ1) is 9.19. The molecule has 1 aliphatic rings. The van der Waals surface area contributed by atoms with Crippen LogP contribution in [0, 0.1) is 5.41 Å². The Bertz CT molecular complexity index is 674. The first kappa shape index (κ1) is 11.9. The third-order valence-corrected chi connectivity index (χ3v) is 3.87. The van der Waals surface area contributed by atoms with E-state index < -0.39 is 0 Å². The second-order valence-electron chi connectivity index (χ2n) is 4.08. The van der Waals surface area contributed by atoms with Gasteiger partial charge in [-0.2, -0.15) is 4.57 Å². The molecule has 0 saturated carbocycles. The van der Waals surface area contributed by atoms with E-state index in [9.17, 15) is 5.11 Å². The Morgan fingerprint density at radius 1 is 1.37 bits per heavy atom. The summed E-state index contributed by atoms with van der Waals surface area (Å²) in [5.74, 6) is 0.513. The molecule has 0 radical (unpaired) electrons. The maximum Gasteiger partial charge on any atom is 0.429 e. The van der Waals surface area contributed by atoms with Crippen molar-refractivity contribution in [2.45, 2.75) is 6.42 Å². The fraction of sp³-hybridized carbons (Fsp3) is 0.154. The second-order valence-corrected chi connectivity index (χ2v) is 5.03. The molecule has 96 valence electrons. The van der Waals surface area contributed by atoms with Crippen molar-refractivity contribution in [3.8, 4) is 17.0 Å². The molecule has 0 bridgehead atoms. The molecule has 1 N–H and O–H groups in total. The van der Waals surface area contributed by atoms with Crippen LogP contribution < -0.4 is 14.4 Å². The molecule has 6 heteroatoms. The van der Waals surface area contributed by atoms with E-state index in [2.05, 4.69) is 4.99 Å². The number of nitrogens with one attached hydrogen (secondary N) is 1. The van der Waals surface area contributed by atoms with E-state index in [0.29, 0.717) is 0 Å². The Labute approximate surface area is 114 Å². The van der Waals surface area contributed by atoms with Gasteiger partial charge in [0.15, 0.2) is 0 Å². The maximum atomic E-state index is 11.3. The molecule has 0 spiro atoms. The Morgan fingerprint density at radius 3 is 2.79 bits per heavy atom. The van der Waals surface area contributed by atoms with Crippen LogP contribution in [0.1, 0.15) is 5.01 Å². The lowest BCUT2D eigenvalue weighted by molar-refractivity contribution is -0.550. The smallest absolute Gasteiger partial charge is 0.429 e. The van der Waals surface area contributed by atoms with Crippen LogP contribution in [-0.2, 0) is 6.42 Å². The van der Waals surface area contributed by atoms with E-state index >= 15 is 0 Å². The number of benzene rings is 1. The lowest BCUT2D eigenvalue weighted by Crippen LogP contribution is -2.50. The molecular weight excluding hydrogens is 262 g/mol. The van der Waals surface area contributed by atoms with Crippen LogP contribution in [0.3, 0.4) is 0 Å². The number of thiazole rings is 1. The highest BCUT2D eigenvalue weighted by Gasteiger charge is 2.25. The number of hydrogen-bond acceptors (Lipinski definition) is 4. The molecule has 0 fully saturated rings. The van der Waals surface area contributed by atoms with Gasteiger partial charge in [0.25, 0.3) is 0 Å². The molecule has 0 atom stereocenters. The van der Waals surface area contributed by atoms with E-state index in [1.165, 1.54) is 11.3 Å². The van der Waals surface area contributed by atoms with Gasteiger partial charge in [-0.3, -0.25) is 0 Å². The number of aromatic nitrogens is 1. The van der Waals surface area contributed by atoms with Crippen LogP contribution in [0.2, 0.25) is 0 Å². The highest BCUT2D eigenvalue weighted by atomic mass is 32.1. The molecular formula is C13H11N3O2S. The molecule has 0 aliphatic carbocycles. The predicted octanol–water partition coefficient (Wildman–Crippen LogP) is 0.809. The first-order valence-electron chi connectivity index (χ1n) is 5.69. The van der Waals surface area contributed by atoms with Crippen LogP contribution >= 0.6 is 11.3 Å². The summed E-state index contributed by atoms with van der Waals surface area (Å²) in [6.07, 6.45) is 0.267. The summed E-state index contributed by atoms with van der Waals surface area (Å²) in [4.78, 5) is 3.71. The van der Waals surface area contributed by atoms with Gasteiger partial charge in [-0.25, -0.2) is 0 Å². The number of methoxy groups -OCH3 is 1. The fourth-order valence-electron chi connectivity index (χ4n) is 2.01. The minimum Gasteiger partial charge on any atom is -0.849 e. The standard InChI is InChI=1S/C13H11N3O2S/c1-18-9-4-2-8(3-5-9)10-7-19-12-6-11(17)15-13(14)16(10)12/h2-5,7H,6H2,1H3,(H-,14,15,17). The molecule has 0 amide bonds. The molecule has 0 unspecified atom stereocenters. The molecule has 0 saturated heterocycles. The summed E-state index contributed by atoms with van der Waals surface area (Å²) in [7, 11) is 1.62. The van der Waals surface area contributed by atoms with Gasteiger partial charge in [-0.1, -0.05) is 4.99 Å². The SMILES string of the molecule is COc1ccc(-c2csc3[n+]2C(=N)N=C([O-])C3)cc1. The summed E-state index contributed by atoms with van der Waals surface area (Å²) in [6, 6.07) is 7.60. The number of rotatable bonds is 2. The van der Waals surface area contributed by atoms with Gasteiger partial charge in [0.1, 0.15) is 16.5 Å². The third-order valence-electron chi connectivity index (χ3n) is 2.93. The van der Waals surface area contributed by atoms with E-state index in [1.54, 1.807) is 11.7 Å². The molecule has 3 rings (SSSR count). The Morgan fingerprint density at radius 2 is 2.11 bits per heavy atom. The van der Waals surface area contributed by atoms with Crippen molar-refractivity contribution in [3.05, 3.63) is 34.7 Å². The van der Waals surface area contributed by atoms with Gasteiger partial charge in [-0.05, 0) is 24.3 Å². The van der Waals surface area contributed by atoms with E-state index in [0.717, 1.165) is 22.0 Å². The number of hydrogen-bond donors (Lipinski definition) is 1. The van der Waals surface area contributed by atoms with Crippen LogP contribution in [0.15, 0.2) is 34.6 Å². The average molecular weight is 273 g/mol. The minimum atomic E-state index is -0.256. The molecule has 1 aliphatic heterocycles. The minimum absolute atomic E-state index is 0.0154. The van der Waals surface area contributed by atoms with Gasteiger partial charge in [-0.15, -0.1) is 16.7 Å². The number of nitrogens with zero attached hydrogens (tertiary/aromatic N) is 2. The Balaban J connectivity index is 2.06. The van der Waals surface area contributed by atoms with Crippen molar-refractivity contribution in [1.29, 1.82) is 5.41 Å². The topological polar surface area (TPSA) is 72.4 Å². The lowest BCUT2D eigenvalue weighted by atomic mass is 10.1. The summed E-state index contributed by atoms with van der Waals surface area (Å²) in [5.41, 5.74) is 1.85. The summed E-state index contributed by atoms with van der Waals surface area (Å²) in [6.45, 7) is 0. The van der Waals surface area contributed by atoms with Crippen LogP contribution in [-0.4, -0.2) is 19.0 Å². The zero-order valence-corrected chi connectivity index (χ0v) is 11.0. The van der Waals surface area contributed by atoms with Crippen LogP contribution in [0.5, 0.6) is 5.75 Å². The van der Waals surface area contributed by atoms with E-state index in [4.69, 9.17) is 10.1 Å². The average Bonchev–Trinajstić information content (AvgIpc) is 2.83. The molecule has 19 heavy (non-hydrogen) atoms. The number of ether oxygens (including phenoxy) is 1. The van der Waals surface area contributed by atoms with Crippen molar-refractivity contribution < 1.29 is 14.4 Å². The molecule has 1 aromatic heterocycles. The summed E-state index contributed by atoms with van der Waals surface area (Å²) < 4.78 is 6.84. The third kappa shape index (κ3) is 2.00. The number of aliphatic imine (C=N–C) groups is 1. The van der Waals surface area contributed by atoms with Gasteiger partial charge in [0, 0.05) is 10.9 Å². The van der Waals surface area contributed by atoms with Crippen molar-refractivity contribution in [1.82, 2.24) is 0 Å². The lowest BCUT2D eigenvalue weighted by Gasteiger charge is -2.12. The van der Waals surface area contributed by atoms with Crippen molar-refractivity contribution in [2.24, 2.45) is 4.99 Å². The largest absolute Gasteiger partial charge is 0.849 e. The van der Waals surface area contributed by atoms with Crippen LogP contribution in [0.4, 0.5) is 0 Å². The quantitative estimate of drug-likeness (QED) is 0.822. The highest BCUT2D eigenvalue weighted by molar-refractivity contribution is 7.09. The predicted molar refractivity (Wildman–Crippen MR) is 70.8 cm³/mol. The number of fused-ring (bicyclic) bond motifs is 1. The zero-order valence-electron chi connectivity index (χ0n) is 10.2. The fourth-order valence-corrected chi connectivity index (χ4v) is 3.00. The van der Waals surface area contributed by atoms with Gasteiger partial charge in [0.2, 0.25) is 0 Å². The summed E-state index contributed by atoms with van der Waals surface area (Å²) >= 11 is 1.47. The second kappa shape index (κ2) is 4.47. The van der Waals surface area contributed by atoms with Crippen LogP contribution in [0.25, 0.3) is 11.3 Å². The molecule has 2 heterocycles.